The lowest BCUT2D eigenvalue weighted by atomic mass is 9.97. The summed E-state index contributed by atoms with van der Waals surface area (Å²) in [4.78, 5) is 0. The molecule has 0 aliphatic heterocycles. The highest BCUT2D eigenvalue weighted by Gasteiger charge is 2.14. The molecule has 0 aliphatic rings. The third kappa shape index (κ3) is 3.71. The molecule has 0 saturated heterocycles. The predicted molar refractivity (Wildman–Crippen MR) is 120 cm³/mol. The zero-order valence-electron chi connectivity index (χ0n) is 14.0. The quantitative estimate of drug-likeness (QED) is 0.237. The van der Waals surface area contributed by atoms with Crippen LogP contribution in [0.1, 0.15) is 0 Å². The van der Waals surface area contributed by atoms with Gasteiger partial charge in [0.25, 0.3) is 0 Å². The van der Waals surface area contributed by atoms with E-state index in [9.17, 15) is 8.78 Å². The molecule has 0 atom stereocenters. The summed E-state index contributed by atoms with van der Waals surface area (Å²) in [5.74, 6) is -0.817. The van der Waals surface area contributed by atoms with Crippen molar-refractivity contribution in [2.75, 3.05) is 0 Å². The molecule has 0 radical (unpaired) electrons. The Kier molecular flexibility index (Phi) is 5.49. The van der Waals surface area contributed by atoms with Crippen molar-refractivity contribution in [3.63, 3.8) is 0 Å². The summed E-state index contributed by atoms with van der Waals surface area (Å²) in [5.41, 5.74) is 2.23. The summed E-state index contributed by atoms with van der Waals surface area (Å²) in [6.45, 7) is 0. The van der Waals surface area contributed by atoms with E-state index in [0.717, 1.165) is 19.7 Å². The molecule has 0 N–H and O–H groups in total. The highest BCUT2D eigenvalue weighted by atomic mass is 79.9. The molecule has 0 aliphatic carbocycles. The van der Waals surface area contributed by atoms with Gasteiger partial charge >= 0.3 is 0 Å². The summed E-state index contributed by atoms with van der Waals surface area (Å²) in [6.07, 6.45) is 0. The summed E-state index contributed by atoms with van der Waals surface area (Å²) in [5, 5.41) is 2.44. The second-order valence-corrected chi connectivity index (χ2v) is 8.84. The van der Waals surface area contributed by atoms with Crippen LogP contribution >= 0.6 is 55.1 Å². The number of fused-ring (bicyclic) bond motifs is 1. The Morgan fingerprint density at radius 1 is 0.536 bits per heavy atom. The minimum absolute atomic E-state index is 0.336. The predicted octanol–water partition coefficient (Wildman–Crippen LogP) is 9.28. The van der Waals surface area contributed by atoms with Crippen molar-refractivity contribution in [2.24, 2.45) is 0 Å². The summed E-state index contributed by atoms with van der Waals surface area (Å²) in [6, 6.07) is 16.7. The summed E-state index contributed by atoms with van der Waals surface area (Å²) >= 11 is 18.8. The molecule has 4 rings (SSSR count). The maximum atomic E-state index is 14.4. The third-order valence-electron chi connectivity index (χ3n) is 4.45. The third-order valence-corrected chi connectivity index (χ3v) is 6.24. The highest BCUT2D eigenvalue weighted by Crippen LogP contribution is 2.39. The monoisotopic (exact) mass is 540 g/mol. The van der Waals surface area contributed by atoms with Gasteiger partial charge in [-0.05, 0) is 82.6 Å². The van der Waals surface area contributed by atoms with Crippen molar-refractivity contribution in [3.8, 4) is 22.3 Å². The topological polar surface area (TPSA) is 0 Å². The fourth-order valence-electron chi connectivity index (χ4n) is 3.12. The van der Waals surface area contributed by atoms with E-state index in [2.05, 4.69) is 31.9 Å². The van der Waals surface area contributed by atoms with Crippen molar-refractivity contribution in [1.29, 1.82) is 0 Å². The van der Waals surface area contributed by atoms with Crippen LogP contribution in [0, 0.1) is 11.6 Å². The number of hydrogen-bond acceptors (Lipinski definition) is 0. The summed E-state index contributed by atoms with van der Waals surface area (Å²) in [7, 11) is 0. The van der Waals surface area contributed by atoms with Gasteiger partial charge in [-0.1, -0.05) is 55.1 Å². The molecule has 6 heteroatoms. The van der Waals surface area contributed by atoms with Gasteiger partial charge < -0.3 is 0 Å². The van der Waals surface area contributed by atoms with Gasteiger partial charge in [0.15, 0.2) is 0 Å². The van der Waals surface area contributed by atoms with Gasteiger partial charge in [0.1, 0.15) is 11.6 Å². The van der Waals surface area contributed by atoms with Gasteiger partial charge in [0, 0.05) is 30.1 Å². The van der Waals surface area contributed by atoms with E-state index in [0.29, 0.717) is 32.3 Å². The van der Waals surface area contributed by atoms with Crippen LogP contribution in [0.25, 0.3) is 33.0 Å². The van der Waals surface area contributed by atoms with E-state index in [4.69, 9.17) is 23.2 Å². The molecular weight excluding hydrogens is 533 g/mol. The minimum atomic E-state index is -0.409. The number of benzene rings is 4. The molecule has 0 amide bonds. The van der Waals surface area contributed by atoms with Gasteiger partial charge in [-0.25, -0.2) is 8.78 Å². The van der Waals surface area contributed by atoms with Crippen LogP contribution in [0.4, 0.5) is 8.78 Å². The maximum Gasteiger partial charge on any atom is 0.132 e. The SMILES string of the molecule is Fc1cc(Cl)ccc1-c1cc2cc(-c3ccc(Cl)cc3F)c(Br)cc2cc1Br. The molecule has 4 aromatic carbocycles. The molecule has 0 fully saturated rings. The first kappa shape index (κ1) is 19.8. The van der Waals surface area contributed by atoms with E-state index in [-0.39, 0.29) is 0 Å². The van der Waals surface area contributed by atoms with Crippen LogP contribution in [0.2, 0.25) is 10.0 Å². The lowest BCUT2D eigenvalue weighted by Crippen LogP contribution is -1.89. The van der Waals surface area contributed by atoms with Crippen LogP contribution in [-0.4, -0.2) is 0 Å². The van der Waals surface area contributed by atoms with Crippen molar-refractivity contribution in [1.82, 2.24) is 0 Å². The fraction of sp³-hybridized carbons (Fsp3) is 0. The number of rotatable bonds is 2. The molecule has 0 nitrogen and oxygen atoms in total. The van der Waals surface area contributed by atoms with Crippen LogP contribution in [-0.2, 0) is 0 Å². The molecule has 4 aromatic rings. The smallest absolute Gasteiger partial charge is 0.132 e. The second kappa shape index (κ2) is 7.75. The zero-order chi connectivity index (χ0) is 20.0. The highest BCUT2D eigenvalue weighted by molar-refractivity contribution is 9.11. The maximum absolute atomic E-state index is 14.4. The molecular formula is C22H10Br2Cl2F2. The van der Waals surface area contributed by atoms with Crippen molar-refractivity contribution in [3.05, 3.63) is 91.3 Å². The Morgan fingerprint density at radius 2 is 0.929 bits per heavy atom. The first-order chi connectivity index (χ1) is 13.3. The normalized spacial score (nSPS) is 11.2. The molecule has 0 unspecified atom stereocenters. The summed E-state index contributed by atoms with van der Waals surface area (Å²) < 4.78 is 30.4. The first-order valence-corrected chi connectivity index (χ1v) is 10.5. The molecule has 0 spiro atoms. The lowest BCUT2D eigenvalue weighted by Gasteiger charge is -2.12. The molecule has 140 valence electrons. The van der Waals surface area contributed by atoms with E-state index < -0.39 is 11.6 Å². The molecule has 28 heavy (non-hydrogen) atoms. The van der Waals surface area contributed by atoms with Crippen molar-refractivity contribution in [2.45, 2.75) is 0 Å². The van der Waals surface area contributed by atoms with Gasteiger partial charge in [-0.3, -0.25) is 0 Å². The largest absolute Gasteiger partial charge is 0.206 e. The molecule has 0 saturated carbocycles. The number of halogens is 6. The Hall–Kier alpha value is -1.46. The van der Waals surface area contributed by atoms with Crippen LogP contribution in [0.15, 0.2) is 69.6 Å². The molecule has 0 heterocycles. The Bertz CT molecular complexity index is 1150. The van der Waals surface area contributed by atoms with E-state index in [1.54, 1.807) is 24.3 Å². The van der Waals surface area contributed by atoms with E-state index >= 15 is 0 Å². The van der Waals surface area contributed by atoms with E-state index in [1.165, 1.54) is 12.1 Å². The van der Waals surface area contributed by atoms with Crippen LogP contribution in [0.5, 0.6) is 0 Å². The molecule has 0 bridgehead atoms. The van der Waals surface area contributed by atoms with Crippen molar-refractivity contribution >= 4 is 65.8 Å². The van der Waals surface area contributed by atoms with Crippen molar-refractivity contribution < 1.29 is 8.78 Å². The van der Waals surface area contributed by atoms with Crippen LogP contribution in [0.3, 0.4) is 0 Å². The molecule has 0 aromatic heterocycles. The Morgan fingerprint density at radius 3 is 1.32 bits per heavy atom. The first-order valence-electron chi connectivity index (χ1n) is 8.17. The Balaban J connectivity index is 1.94. The zero-order valence-corrected chi connectivity index (χ0v) is 18.7. The van der Waals surface area contributed by atoms with Gasteiger partial charge in [-0.2, -0.15) is 0 Å². The second-order valence-electron chi connectivity index (χ2n) is 6.26. The minimum Gasteiger partial charge on any atom is -0.206 e. The average Bonchev–Trinajstić information content (AvgIpc) is 2.62. The average molecular weight is 543 g/mol. The lowest BCUT2D eigenvalue weighted by molar-refractivity contribution is 0.631. The van der Waals surface area contributed by atoms with E-state index in [1.807, 2.05) is 24.3 Å². The Labute approximate surface area is 187 Å². The van der Waals surface area contributed by atoms with Gasteiger partial charge in [-0.15, -0.1) is 0 Å². The number of hydrogen-bond donors (Lipinski definition) is 0. The van der Waals surface area contributed by atoms with Crippen LogP contribution < -0.4 is 0 Å². The van der Waals surface area contributed by atoms with Gasteiger partial charge in [0.2, 0.25) is 0 Å². The van der Waals surface area contributed by atoms with Gasteiger partial charge in [0.05, 0.1) is 0 Å². The fourth-order valence-corrected chi connectivity index (χ4v) is 4.59. The standard InChI is InChI=1S/C22H10Br2Cl2F2/c23-19-7-12-8-20(24)18(16-4-2-14(26)10-22(16)28)6-11(12)5-17(19)15-3-1-13(25)9-21(15)27/h1-10H.